The zero-order valence-corrected chi connectivity index (χ0v) is 33.7. The van der Waals surface area contributed by atoms with Crippen molar-refractivity contribution in [3.05, 3.63) is 145 Å². The molecule has 5 rings (SSSR count). The van der Waals surface area contributed by atoms with E-state index in [1.165, 1.54) is 11.1 Å². The summed E-state index contributed by atoms with van der Waals surface area (Å²) in [7, 11) is 0. The number of hydrogen-bond donors (Lipinski definition) is 0. The molecule has 0 saturated heterocycles. The molecule has 0 N–H and O–H groups in total. The lowest BCUT2D eigenvalue weighted by Crippen LogP contribution is -2.14. The molecule has 5 heterocycles. The fraction of sp³-hybridized carbons (Fsp3) is 0.455. The van der Waals surface area contributed by atoms with Gasteiger partial charge in [-0.3, -0.25) is 19.9 Å². The summed E-state index contributed by atoms with van der Waals surface area (Å²) in [4.78, 5) is 24.8. The summed E-state index contributed by atoms with van der Waals surface area (Å²) in [5, 5.41) is 0. The SMILES string of the molecule is CC(C)(C)c1ccccn1.CC(C)(C)c1ccccn1.CC(C)(C)c1cccnc1.CC(C)(C)c1ccncc1.CC(C)(C)c1ncccn1. The van der Waals surface area contributed by atoms with Crippen LogP contribution in [-0.4, -0.2) is 29.9 Å². The van der Waals surface area contributed by atoms with E-state index >= 15 is 0 Å². The predicted octanol–water partition coefficient (Wildman–Crippen LogP) is 11.3. The first kappa shape index (κ1) is 43.7. The normalized spacial score (nSPS) is 11.5. The molecule has 50 heavy (non-hydrogen) atoms. The molecular formula is C44H64N6. The minimum absolute atomic E-state index is 0.0707. The highest BCUT2D eigenvalue weighted by atomic mass is 14.9. The first-order valence-corrected chi connectivity index (χ1v) is 17.4. The molecule has 0 aliphatic rings. The Balaban J connectivity index is 0.000000312. The Bertz CT molecular complexity index is 1270. The lowest BCUT2D eigenvalue weighted by Gasteiger charge is -2.17. The molecule has 270 valence electrons. The van der Waals surface area contributed by atoms with Crippen LogP contribution in [0.1, 0.15) is 132 Å². The summed E-state index contributed by atoms with van der Waals surface area (Å²) in [5.74, 6) is 0.898. The van der Waals surface area contributed by atoms with E-state index in [0.717, 1.165) is 17.2 Å². The molecule has 6 heteroatoms. The molecule has 0 saturated carbocycles. The summed E-state index contributed by atoms with van der Waals surface area (Å²) >= 11 is 0. The Morgan fingerprint density at radius 3 is 1.00 bits per heavy atom. The highest BCUT2D eigenvalue weighted by Gasteiger charge is 2.16. The molecule has 0 amide bonds. The zero-order chi connectivity index (χ0) is 38.1. The minimum atomic E-state index is 0.0707. The van der Waals surface area contributed by atoms with Gasteiger partial charge in [-0.15, -0.1) is 0 Å². The van der Waals surface area contributed by atoms with Crippen LogP contribution in [-0.2, 0) is 27.1 Å². The van der Waals surface area contributed by atoms with E-state index in [1.807, 2.05) is 67.4 Å². The molecular weight excluding hydrogens is 613 g/mol. The molecule has 0 fully saturated rings. The molecule has 0 bridgehead atoms. The topological polar surface area (TPSA) is 77.3 Å². The Labute approximate surface area is 304 Å². The smallest absolute Gasteiger partial charge is 0.133 e. The molecule has 0 atom stereocenters. The van der Waals surface area contributed by atoms with Gasteiger partial charge in [-0.05, 0) is 70.5 Å². The van der Waals surface area contributed by atoms with Gasteiger partial charge in [0.2, 0.25) is 0 Å². The van der Waals surface area contributed by atoms with Crippen LogP contribution in [0.2, 0.25) is 0 Å². The number of rotatable bonds is 0. The van der Waals surface area contributed by atoms with Crippen molar-refractivity contribution < 1.29 is 0 Å². The van der Waals surface area contributed by atoms with Crippen LogP contribution >= 0.6 is 0 Å². The van der Waals surface area contributed by atoms with Crippen molar-refractivity contribution in [2.75, 3.05) is 0 Å². The van der Waals surface area contributed by atoms with Crippen LogP contribution in [0, 0.1) is 0 Å². The Hall–Kier alpha value is -4.32. The summed E-state index contributed by atoms with van der Waals surface area (Å²) in [6.07, 6.45) is 14.6. The van der Waals surface area contributed by atoms with Gasteiger partial charge in [0.25, 0.3) is 0 Å². The maximum Gasteiger partial charge on any atom is 0.133 e. The van der Waals surface area contributed by atoms with Gasteiger partial charge in [0.15, 0.2) is 0 Å². The molecule has 0 radical (unpaired) electrons. The van der Waals surface area contributed by atoms with Crippen molar-refractivity contribution in [3.8, 4) is 0 Å². The lowest BCUT2D eigenvalue weighted by atomic mass is 9.88. The van der Waals surface area contributed by atoms with E-state index in [0.29, 0.717) is 0 Å². The van der Waals surface area contributed by atoms with Crippen molar-refractivity contribution in [1.82, 2.24) is 29.9 Å². The largest absolute Gasteiger partial charge is 0.265 e. The second-order valence-electron chi connectivity index (χ2n) is 17.2. The second-order valence-corrected chi connectivity index (χ2v) is 17.2. The Kier molecular flexibility index (Phi) is 17.3. The third-order valence-corrected chi connectivity index (χ3v) is 7.18. The van der Waals surface area contributed by atoms with Crippen LogP contribution < -0.4 is 0 Å². The van der Waals surface area contributed by atoms with Gasteiger partial charge in [0.05, 0.1) is 0 Å². The standard InChI is InChI=1S/4C9H13N.C8H12N2/c1-9(2,3)8-4-6-10-7-5-8;1-9(2,3)8-5-4-6-10-7-8;2*1-9(2,3)8-6-4-5-7-10-8;1-8(2,3)7-9-5-4-6-10-7/h4*4-7H,1-3H3;4-6H,1-3H3. The summed E-state index contributed by atoms with van der Waals surface area (Å²) in [6, 6.07) is 22.1. The highest BCUT2D eigenvalue weighted by Crippen LogP contribution is 2.22. The number of nitrogens with zero attached hydrogens (tertiary/aromatic N) is 6. The first-order chi connectivity index (χ1) is 23.0. The molecule has 0 unspecified atom stereocenters. The van der Waals surface area contributed by atoms with E-state index < -0.39 is 0 Å². The van der Waals surface area contributed by atoms with Crippen molar-refractivity contribution >= 4 is 0 Å². The number of pyridine rings is 4. The van der Waals surface area contributed by atoms with Gasteiger partial charge in [0.1, 0.15) is 5.82 Å². The van der Waals surface area contributed by atoms with Gasteiger partial charge in [-0.2, -0.15) is 0 Å². The summed E-state index contributed by atoms with van der Waals surface area (Å²) in [6.45, 7) is 32.4. The molecule has 5 aromatic rings. The third-order valence-electron chi connectivity index (χ3n) is 7.18. The van der Waals surface area contributed by atoms with Gasteiger partial charge >= 0.3 is 0 Å². The van der Waals surface area contributed by atoms with Gasteiger partial charge < -0.3 is 0 Å². The van der Waals surface area contributed by atoms with Crippen LogP contribution in [0.3, 0.4) is 0 Å². The molecule has 0 aliphatic carbocycles. The van der Waals surface area contributed by atoms with E-state index in [4.69, 9.17) is 0 Å². The van der Waals surface area contributed by atoms with E-state index in [-0.39, 0.29) is 27.1 Å². The van der Waals surface area contributed by atoms with Crippen molar-refractivity contribution in [2.45, 2.75) is 131 Å². The van der Waals surface area contributed by atoms with Crippen LogP contribution in [0.4, 0.5) is 0 Å². The Morgan fingerprint density at radius 2 is 0.760 bits per heavy atom. The van der Waals surface area contributed by atoms with E-state index in [1.54, 1.807) is 18.6 Å². The maximum atomic E-state index is 4.25. The summed E-state index contributed by atoms with van der Waals surface area (Å²) in [5.41, 5.74) is 5.84. The fourth-order valence-corrected chi connectivity index (χ4v) is 3.96. The summed E-state index contributed by atoms with van der Waals surface area (Å²) < 4.78 is 0. The van der Waals surface area contributed by atoms with Crippen molar-refractivity contribution in [1.29, 1.82) is 0 Å². The molecule has 6 nitrogen and oxygen atoms in total. The van der Waals surface area contributed by atoms with Gasteiger partial charge in [-0.1, -0.05) is 122 Å². The number of aromatic nitrogens is 6. The second kappa shape index (κ2) is 19.8. The fourth-order valence-electron chi connectivity index (χ4n) is 3.96. The lowest BCUT2D eigenvalue weighted by molar-refractivity contribution is 0.545. The van der Waals surface area contributed by atoms with E-state index in [2.05, 4.69) is 164 Å². The average Bonchev–Trinajstić information content (AvgIpc) is 3.06. The maximum absolute atomic E-state index is 4.25. The quantitative estimate of drug-likeness (QED) is 0.162. The average molecular weight is 677 g/mol. The zero-order valence-electron chi connectivity index (χ0n) is 33.7. The predicted molar refractivity (Wildman–Crippen MR) is 212 cm³/mol. The third kappa shape index (κ3) is 18.4. The van der Waals surface area contributed by atoms with Crippen molar-refractivity contribution in [3.63, 3.8) is 0 Å². The minimum Gasteiger partial charge on any atom is -0.265 e. The monoisotopic (exact) mass is 677 g/mol. The van der Waals surface area contributed by atoms with E-state index in [9.17, 15) is 0 Å². The molecule has 0 aromatic carbocycles. The van der Waals surface area contributed by atoms with Crippen LogP contribution in [0.5, 0.6) is 0 Å². The number of hydrogen-bond acceptors (Lipinski definition) is 6. The van der Waals surface area contributed by atoms with Gasteiger partial charge in [-0.25, -0.2) is 9.97 Å². The molecule has 5 aromatic heterocycles. The van der Waals surface area contributed by atoms with Crippen LogP contribution in [0.15, 0.2) is 116 Å². The molecule has 0 spiro atoms. The Morgan fingerprint density at radius 1 is 0.320 bits per heavy atom. The molecule has 0 aliphatic heterocycles. The first-order valence-electron chi connectivity index (χ1n) is 17.4. The van der Waals surface area contributed by atoms with Crippen LogP contribution in [0.25, 0.3) is 0 Å². The highest BCUT2D eigenvalue weighted by molar-refractivity contribution is 5.19. The van der Waals surface area contributed by atoms with Gasteiger partial charge in [0, 0.05) is 77.2 Å². The van der Waals surface area contributed by atoms with Crippen molar-refractivity contribution in [2.24, 2.45) is 0 Å².